The first-order chi connectivity index (χ1) is 5.29. The summed E-state index contributed by atoms with van der Waals surface area (Å²) >= 11 is 3.26. The highest BCUT2D eigenvalue weighted by molar-refractivity contribution is 9.11. The predicted octanol–water partition coefficient (Wildman–Crippen LogP) is 1.66. The van der Waals surface area contributed by atoms with Crippen molar-refractivity contribution in [1.29, 1.82) is 0 Å². The Morgan fingerprint density at radius 2 is 2.55 bits per heavy atom. The Balaban J connectivity index is 2.09. The molecule has 0 spiro atoms. The van der Waals surface area contributed by atoms with Crippen molar-refractivity contribution in [3.8, 4) is 0 Å². The van der Waals surface area contributed by atoms with Crippen LogP contribution in [0.3, 0.4) is 0 Å². The lowest BCUT2D eigenvalue weighted by atomic mass is 10.1. The van der Waals surface area contributed by atoms with Gasteiger partial charge in [0.15, 0.2) is 0 Å². The van der Waals surface area contributed by atoms with Gasteiger partial charge in [-0.05, 0) is 19.4 Å². The third kappa shape index (κ3) is 3.89. The van der Waals surface area contributed by atoms with Crippen molar-refractivity contribution < 1.29 is 4.74 Å². The first-order valence-corrected chi connectivity index (χ1v) is 4.74. The van der Waals surface area contributed by atoms with Gasteiger partial charge in [-0.15, -0.1) is 0 Å². The minimum atomic E-state index is 0.387. The van der Waals surface area contributed by atoms with Gasteiger partial charge in [-0.3, -0.25) is 0 Å². The molecule has 0 aromatic carbocycles. The van der Waals surface area contributed by atoms with Gasteiger partial charge in [-0.25, -0.2) is 0 Å². The van der Waals surface area contributed by atoms with E-state index in [0.717, 1.165) is 17.6 Å². The first-order valence-electron chi connectivity index (χ1n) is 3.94. The normalized spacial score (nSPS) is 25.0. The molecule has 64 valence electrons. The second kappa shape index (κ2) is 4.91. The Labute approximate surface area is 76.1 Å². The van der Waals surface area contributed by atoms with E-state index in [1.807, 2.05) is 0 Å². The van der Waals surface area contributed by atoms with Crippen LogP contribution in [0.1, 0.15) is 12.8 Å². The van der Waals surface area contributed by atoms with Crippen LogP contribution in [0.15, 0.2) is 11.1 Å². The molecule has 1 aliphatic rings. The van der Waals surface area contributed by atoms with E-state index >= 15 is 0 Å². The van der Waals surface area contributed by atoms with Gasteiger partial charge in [0.25, 0.3) is 0 Å². The monoisotopic (exact) mass is 219 g/mol. The van der Waals surface area contributed by atoms with Crippen molar-refractivity contribution >= 4 is 15.9 Å². The molecular weight excluding hydrogens is 206 g/mol. The molecule has 2 nitrogen and oxygen atoms in total. The standard InChI is InChI=1S/C8H14BrNO/c1-7(9)6-11-8-3-2-4-10-5-8/h8,10H,1-6H2/t8-/m0/s1. The van der Waals surface area contributed by atoms with Crippen LogP contribution < -0.4 is 5.32 Å². The van der Waals surface area contributed by atoms with Gasteiger partial charge in [0.1, 0.15) is 0 Å². The second-order valence-corrected chi connectivity index (χ2v) is 3.92. The molecule has 0 aromatic rings. The fourth-order valence-electron chi connectivity index (χ4n) is 1.17. The number of piperidine rings is 1. The minimum Gasteiger partial charge on any atom is -0.372 e. The molecule has 0 aliphatic carbocycles. The maximum absolute atomic E-state index is 5.54. The Kier molecular flexibility index (Phi) is 4.12. The first kappa shape index (κ1) is 9.23. The lowest BCUT2D eigenvalue weighted by Gasteiger charge is -2.22. The third-order valence-corrected chi connectivity index (χ3v) is 1.96. The van der Waals surface area contributed by atoms with Crippen LogP contribution in [0.5, 0.6) is 0 Å². The highest BCUT2D eigenvalue weighted by atomic mass is 79.9. The van der Waals surface area contributed by atoms with Crippen molar-refractivity contribution in [2.24, 2.45) is 0 Å². The van der Waals surface area contributed by atoms with Crippen LogP contribution in [0.25, 0.3) is 0 Å². The third-order valence-electron chi connectivity index (χ3n) is 1.73. The van der Waals surface area contributed by atoms with Crippen molar-refractivity contribution in [3.63, 3.8) is 0 Å². The summed E-state index contributed by atoms with van der Waals surface area (Å²) in [5.74, 6) is 0. The number of rotatable bonds is 3. The summed E-state index contributed by atoms with van der Waals surface area (Å²) in [6.45, 7) is 6.46. The fraction of sp³-hybridized carbons (Fsp3) is 0.750. The molecule has 0 radical (unpaired) electrons. The van der Waals surface area contributed by atoms with Crippen molar-refractivity contribution in [1.82, 2.24) is 5.32 Å². The van der Waals surface area contributed by atoms with Gasteiger partial charge < -0.3 is 10.1 Å². The van der Waals surface area contributed by atoms with E-state index in [4.69, 9.17) is 4.74 Å². The topological polar surface area (TPSA) is 21.3 Å². The SMILES string of the molecule is C=C(Br)CO[C@H]1CCCNC1. The zero-order valence-corrected chi connectivity index (χ0v) is 8.19. The number of hydrogen-bond acceptors (Lipinski definition) is 2. The zero-order valence-electron chi connectivity index (χ0n) is 6.61. The Morgan fingerprint density at radius 1 is 1.73 bits per heavy atom. The van der Waals surface area contributed by atoms with Gasteiger partial charge in [-0.2, -0.15) is 0 Å². The molecule has 1 fully saturated rings. The molecule has 1 N–H and O–H groups in total. The molecule has 0 bridgehead atoms. The van der Waals surface area contributed by atoms with Crippen molar-refractivity contribution in [2.75, 3.05) is 19.7 Å². The minimum absolute atomic E-state index is 0.387. The number of ether oxygens (including phenoxy) is 1. The maximum atomic E-state index is 5.54. The number of nitrogens with one attached hydrogen (secondary N) is 1. The van der Waals surface area contributed by atoms with Crippen molar-refractivity contribution in [2.45, 2.75) is 18.9 Å². The molecule has 0 saturated carbocycles. The second-order valence-electron chi connectivity index (χ2n) is 2.80. The highest BCUT2D eigenvalue weighted by Gasteiger charge is 2.12. The molecule has 1 aliphatic heterocycles. The van der Waals surface area contributed by atoms with Crippen LogP contribution >= 0.6 is 15.9 Å². The quantitative estimate of drug-likeness (QED) is 0.781. The van der Waals surface area contributed by atoms with Gasteiger partial charge in [0.05, 0.1) is 12.7 Å². The van der Waals surface area contributed by atoms with Crippen LogP contribution in [-0.4, -0.2) is 25.8 Å². The molecule has 1 atom stereocenters. The average Bonchev–Trinajstić information content (AvgIpc) is 2.03. The number of hydrogen-bond donors (Lipinski definition) is 1. The summed E-state index contributed by atoms with van der Waals surface area (Å²) in [4.78, 5) is 0. The number of halogens is 1. The molecule has 0 aromatic heterocycles. The van der Waals surface area contributed by atoms with Crippen LogP contribution in [-0.2, 0) is 4.74 Å². The lowest BCUT2D eigenvalue weighted by Crippen LogP contribution is -2.35. The molecule has 3 heteroatoms. The summed E-state index contributed by atoms with van der Waals surface area (Å²) in [5.41, 5.74) is 0. The molecule has 1 heterocycles. The lowest BCUT2D eigenvalue weighted by molar-refractivity contribution is 0.0549. The summed E-state index contributed by atoms with van der Waals surface area (Å²) in [5, 5.41) is 3.29. The Bertz CT molecular complexity index is 132. The van der Waals surface area contributed by atoms with Crippen molar-refractivity contribution in [3.05, 3.63) is 11.1 Å². The van der Waals surface area contributed by atoms with Gasteiger partial charge >= 0.3 is 0 Å². The Morgan fingerprint density at radius 3 is 3.09 bits per heavy atom. The smallest absolute Gasteiger partial charge is 0.0780 e. The molecular formula is C8H14BrNO. The van der Waals surface area contributed by atoms with E-state index in [2.05, 4.69) is 27.8 Å². The summed E-state index contributed by atoms with van der Waals surface area (Å²) < 4.78 is 6.45. The molecule has 11 heavy (non-hydrogen) atoms. The maximum Gasteiger partial charge on any atom is 0.0780 e. The van der Waals surface area contributed by atoms with Crippen LogP contribution in [0, 0.1) is 0 Å². The van der Waals surface area contributed by atoms with Crippen LogP contribution in [0.4, 0.5) is 0 Å². The van der Waals surface area contributed by atoms with Gasteiger partial charge in [-0.1, -0.05) is 22.5 Å². The average molecular weight is 220 g/mol. The predicted molar refractivity (Wildman–Crippen MR) is 49.9 cm³/mol. The van der Waals surface area contributed by atoms with E-state index < -0.39 is 0 Å². The van der Waals surface area contributed by atoms with E-state index in [1.54, 1.807) is 0 Å². The van der Waals surface area contributed by atoms with E-state index in [9.17, 15) is 0 Å². The molecule has 1 saturated heterocycles. The Hall–Kier alpha value is 0.140. The van der Waals surface area contributed by atoms with E-state index in [0.29, 0.717) is 12.7 Å². The largest absolute Gasteiger partial charge is 0.372 e. The fourth-order valence-corrected chi connectivity index (χ4v) is 1.30. The van der Waals surface area contributed by atoms with E-state index in [-0.39, 0.29) is 0 Å². The molecule has 1 rings (SSSR count). The van der Waals surface area contributed by atoms with Gasteiger partial charge in [0, 0.05) is 11.0 Å². The van der Waals surface area contributed by atoms with Gasteiger partial charge in [0.2, 0.25) is 0 Å². The summed E-state index contributed by atoms with van der Waals surface area (Å²) in [6, 6.07) is 0. The highest BCUT2D eigenvalue weighted by Crippen LogP contribution is 2.09. The molecule has 0 amide bonds. The van der Waals surface area contributed by atoms with Crippen LogP contribution in [0.2, 0.25) is 0 Å². The zero-order chi connectivity index (χ0) is 8.10. The summed E-state index contributed by atoms with van der Waals surface area (Å²) in [7, 11) is 0. The molecule has 0 unspecified atom stereocenters. The van der Waals surface area contributed by atoms with E-state index in [1.165, 1.54) is 12.8 Å². The summed E-state index contributed by atoms with van der Waals surface area (Å²) in [6.07, 6.45) is 2.78.